The minimum Gasteiger partial charge on any atom is -0.480 e. The number of carbonyl (C=O) groups is 3. The van der Waals surface area contributed by atoms with Gasteiger partial charge in [-0.3, -0.25) is 9.59 Å². The minimum absolute atomic E-state index is 0.198. The van der Waals surface area contributed by atoms with Crippen LogP contribution in [0.5, 0.6) is 0 Å². The third-order valence-electron chi connectivity index (χ3n) is 6.09. The molecule has 0 spiro atoms. The summed E-state index contributed by atoms with van der Waals surface area (Å²) in [6, 6.07) is -0.149. The molecule has 35 heavy (non-hydrogen) atoms. The van der Waals surface area contributed by atoms with Crippen LogP contribution in [0, 0.1) is 26.7 Å². The quantitative estimate of drug-likeness (QED) is 0.380. The van der Waals surface area contributed by atoms with Crippen LogP contribution in [0.4, 0.5) is 0 Å². The van der Waals surface area contributed by atoms with E-state index >= 15 is 0 Å². The Morgan fingerprint density at radius 2 is 1.74 bits per heavy atom. The van der Waals surface area contributed by atoms with E-state index in [0.717, 1.165) is 10.9 Å². The third kappa shape index (κ3) is 5.37. The normalized spacial score (nSPS) is 13.2. The van der Waals surface area contributed by atoms with Crippen molar-refractivity contribution in [1.82, 2.24) is 10.6 Å². The number of aryl methyl sites for hydroxylation is 3. The number of fused-ring (bicyclic) bond motifs is 2. The highest BCUT2D eigenvalue weighted by atomic mass is 32.2. The van der Waals surface area contributed by atoms with Gasteiger partial charge in [0.2, 0.25) is 11.8 Å². The fourth-order valence-corrected chi connectivity index (χ4v) is 4.61. The number of thioether (sulfide) groups is 1. The van der Waals surface area contributed by atoms with E-state index in [1.807, 2.05) is 19.9 Å². The molecule has 0 saturated heterocycles. The van der Waals surface area contributed by atoms with Gasteiger partial charge in [0, 0.05) is 22.1 Å². The average molecular weight is 503 g/mol. The number of carbonyl (C=O) groups excluding carboxylic acids is 2. The summed E-state index contributed by atoms with van der Waals surface area (Å²) in [6.07, 6.45) is 3.13. The van der Waals surface area contributed by atoms with Crippen LogP contribution in [0.25, 0.3) is 21.9 Å². The van der Waals surface area contributed by atoms with E-state index in [4.69, 9.17) is 8.83 Å². The molecule has 0 bridgehead atoms. The van der Waals surface area contributed by atoms with E-state index < -0.39 is 35.5 Å². The zero-order chi connectivity index (χ0) is 26.0. The van der Waals surface area contributed by atoms with Crippen molar-refractivity contribution in [2.24, 2.45) is 5.92 Å². The number of carboxylic acid groups (broad SMARTS) is 1. The first kappa shape index (κ1) is 26.3. The Morgan fingerprint density at radius 3 is 2.34 bits per heavy atom. The number of aliphatic carboxylic acids is 1. The first-order chi connectivity index (χ1) is 16.5. The SMILES string of the molecule is CSCC(NC(=O)Cc1c(C)c2cc3c(C)coc3c(C)c2oc1=O)C(=O)NC(C(=O)O)C(C)C. The summed E-state index contributed by atoms with van der Waals surface area (Å²) < 4.78 is 11.2. The molecule has 0 radical (unpaired) electrons. The van der Waals surface area contributed by atoms with E-state index in [-0.39, 0.29) is 23.7 Å². The van der Waals surface area contributed by atoms with Gasteiger partial charge < -0.3 is 24.6 Å². The number of hydrogen-bond donors (Lipinski definition) is 3. The van der Waals surface area contributed by atoms with Gasteiger partial charge in [-0.2, -0.15) is 11.8 Å². The van der Waals surface area contributed by atoms with Crippen molar-refractivity contribution in [3.8, 4) is 0 Å². The maximum Gasteiger partial charge on any atom is 0.340 e. The van der Waals surface area contributed by atoms with Crippen LogP contribution in [0.1, 0.15) is 36.1 Å². The monoisotopic (exact) mass is 502 g/mol. The van der Waals surface area contributed by atoms with Crippen molar-refractivity contribution < 1.29 is 28.3 Å². The molecular weight excluding hydrogens is 472 g/mol. The zero-order valence-electron chi connectivity index (χ0n) is 20.6. The lowest BCUT2D eigenvalue weighted by molar-refractivity contribution is -0.143. The highest BCUT2D eigenvalue weighted by Crippen LogP contribution is 2.32. The number of amides is 2. The van der Waals surface area contributed by atoms with Crippen LogP contribution < -0.4 is 16.3 Å². The maximum atomic E-state index is 12.9. The Morgan fingerprint density at radius 1 is 1.06 bits per heavy atom. The molecule has 9 nitrogen and oxygen atoms in total. The van der Waals surface area contributed by atoms with E-state index in [0.29, 0.717) is 27.7 Å². The van der Waals surface area contributed by atoms with E-state index in [9.17, 15) is 24.3 Å². The van der Waals surface area contributed by atoms with Gasteiger partial charge in [-0.25, -0.2) is 9.59 Å². The van der Waals surface area contributed by atoms with Gasteiger partial charge in [-0.1, -0.05) is 13.8 Å². The summed E-state index contributed by atoms with van der Waals surface area (Å²) in [7, 11) is 0. The lowest BCUT2D eigenvalue weighted by Gasteiger charge is -2.23. The van der Waals surface area contributed by atoms with Gasteiger partial charge in [0.1, 0.15) is 23.2 Å². The molecule has 2 atom stereocenters. The summed E-state index contributed by atoms with van der Waals surface area (Å²) in [6.45, 7) is 8.86. The first-order valence-electron chi connectivity index (χ1n) is 11.2. The van der Waals surface area contributed by atoms with Crippen molar-refractivity contribution in [1.29, 1.82) is 0 Å². The molecule has 3 N–H and O–H groups in total. The number of carboxylic acids is 1. The van der Waals surface area contributed by atoms with Gasteiger partial charge in [0.05, 0.1) is 18.2 Å². The molecule has 2 heterocycles. The van der Waals surface area contributed by atoms with Crippen LogP contribution in [0.2, 0.25) is 0 Å². The van der Waals surface area contributed by atoms with Gasteiger partial charge in [0.15, 0.2) is 0 Å². The predicted molar refractivity (Wildman–Crippen MR) is 135 cm³/mol. The standard InChI is InChI=1S/C25H30N2O7S/c1-11(2)20(24(30)31)27-23(29)18(10-35-6)26-19(28)8-17-13(4)16-7-15-12(3)9-33-21(15)14(5)22(16)34-25(17)32/h7,9,11,18,20H,8,10H2,1-6H3,(H,26,28)(H,27,29)(H,30,31). The molecule has 0 aliphatic carbocycles. The largest absolute Gasteiger partial charge is 0.480 e. The molecule has 188 valence electrons. The highest BCUT2D eigenvalue weighted by molar-refractivity contribution is 7.98. The Labute approximate surface area is 206 Å². The highest BCUT2D eigenvalue weighted by Gasteiger charge is 2.29. The topological polar surface area (TPSA) is 139 Å². The molecule has 3 aromatic rings. The van der Waals surface area contributed by atoms with Crippen LogP contribution in [-0.2, 0) is 20.8 Å². The number of nitrogens with one attached hydrogen (secondary N) is 2. The zero-order valence-corrected chi connectivity index (χ0v) is 21.4. The summed E-state index contributed by atoms with van der Waals surface area (Å²) >= 11 is 1.33. The Hall–Kier alpha value is -3.27. The van der Waals surface area contributed by atoms with Crippen LogP contribution in [-0.4, -0.2) is 47.0 Å². The molecule has 10 heteroatoms. The van der Waals surface area contributed by atoms with E-state index in [1.54, 1.807) is 33.3 Å². The van der Waals surface area contributed by atoms with Gasteiger partial charge in [0.25, 0.3) is 0 Å². The van der Waals surface area contributed by atoms with Crippen molar-refractivity contribution in [2.75, 3.05) is 12.0 Å². The number of furan rings is 1. The molecule has 2 amide bonds. The molecule has 2 aromatic heterocycles. The predicted octanol–water partition coefficient (Wildman–Crippen LogP) is 3.08. The molecule has 1 aromatic carbocycles. The van der Waals surface area contributed by atoms with Crippen molar-refractivity contribution in [3.05, 3.63) is 45.0 Å². The van der Waals surface area contributed by atoms with Gasteiger partial charge in [-0.05, 0) is 50.1 Å². The summed E-state index contributed by atoms with van der Waals surface area (Å²) in [5, 5.41) is 16.1. The summed E-state index contributed by atoms with van der Waals surface area (Å²) in [4.78, 5) is 49.9. The molecule has 0 fully saturated rings. The fraction of sp³-hybridized carbons (Fsp3) is 0.440. The second-order valence-electron chi connectivity index (χ2n) is 8.99. The van der Waals surface area contributed by atoms with Gasteiger partial charge >= 0.3 is 11.6 Å². The Kier molecular flexibility index (Phi) is 7.94. The molecule has 0 aliphatic rings. The van der Waals surface area contributed by atoms with E-state index in [2.05, 4.69) is 10.6 Å². The van der Waals surface area contributed by atoms with Crippen LogP contribution in [0.15, 0.2) is 26.0 Å². The number of hydrogen-bond acceptors (Lipinski definition) is 7. The summed E-state index contributed by atoms with van der Waals surface area (Å²) in [5.74, 6) is -2.37. The number of rotatable bonds is 9. The molecular formula is C25H30N2O7S. The second-order valence-corrected chi connectivity index (χ2v) is 9.90. The first-order valence-corrected chi connectivity index (χ1v) is 12.6. The van der Waals surface area contributed by atoms with Crippen molar-refractivity contribution in [2.45, 2.75) is 53.1 Å². The maximum absolute atomic E-state index is 12.9. The second kappa shape index (κ2) is 10.6. The van der Waals surface area contributed by atoms with Crippen LogP contribution in [0.3, 0.4) is 0 Å². The molecule has 3 rings (SSSR count). The fourth-order valence-electron chi connectivity index (χ4n) is 4.05. The smallest absolute Gasteiger partial charge is 0.340 e. The van der Waals surface area contributed by atoms with E-state index in [1.165, 1.54) is 11.8 Å². The Bertz CT molecular complexity index is 1360. The minimum atomic E-state index is -1.15. The molecule has 2 unspecified atom stereocenters. The number of benzene rings is 1. The van der Waals surface area contributed by atoms with Crippen molar-refractivity contribution >= 4 is 51.5 Å². The van der Waals surface area contributed by atoms with Gasteiger partial charge in [-0.15, -0.1) is 0 Å². The van der Waals surface area contributed by atoms with Crippen LogP contribution >= 0.6 is 11.8 Å². The average Bonchev–Trinajstić information content (AvgIpc) is 3.16. The van der Waals surface area contributed by atoms with Crippen molar-refractivity contribution in [3.63, 3.8) is 0 Å². The summed E-state index contributed by atoms with van der Waals surface area (Å²) in [5.41, 5.74) is 2.89. The molecule has 0 aliphatic heterocycles. The third-order valence-corrected chi connectivity index (χ3v) is 6.75. The lowest BCUT2D eigenvalue weighted by atomic mass is 9.99. The molecule has 0 saturated carbocycles. The lowest BCUT2D eigenvalue weighted by Crippen LogP contribution is -2.54. The Balaban J connectivity index is 1.88.